The highest BCUT2D eigenvalue weighted by Crippen LogP contribution is 2.21. The zero-order chi connectivity index (χ0) is 34.0. The van der Waals surface area contributed by atoms with Gasteiger partial charge in [-0.25, -0.2) is 9.78 Å². The highest BCUT2D eigenvalue weighted by Gasteiger charge is 2.31. The van der Waals surface area contributed by atoms with Gasteiger partial charge in [-0.3, -0.25) is 14.4 Å². The summed E-state index contributed by atoms with van der Waals surface area (Å²) in [6, 6.07) is 10.6. The minimum Gasteiger partial charge on any atom is -0.480 e. The number of aromatic amines is 3. The third kappa shape index (κ3) is 8.46. The Hall–Kier alpha value is -5.47. The number of carboxylic acids is 1. The van der Waals surface area contributed by atoms with Crippen molar-refractivity contribution < 1.29 is 24.3 Å². The molecule has 14 heteroatoms. The van der Waals surface area contributed by atoms with E-state index in [-0.39, 0.29) is 25.7 Å². The Labute approximate surface area is 276 Å². The van der Waals surface area contributed by atoms with Crippen molar-refractivity contribution in [3.05, 3.63) is 90.3 Å². The molecule has 11 N–H and O–H groups in total. The first-order chi connectivity index (χ1) is 23.2. The highest BCUT2D eigenvalue weighted by molar-refractivity contribution is 5.95. The smallest absolute Gasteiger partial charge is 0.326 e. The molecule has 0 spiro atoms. The molecule has 5 rings (SSSR count). The van der Waals surface area contributed by atoms with Crippen LogP contribution in [0.4, 0.5) is 0 Å². The Balaban J connectivity index is 1.34. The van der Waals surface area contributed by atoms with Crippen molar-refractivity contribution in [2.24, 2.45) is 11.5 Å². The van der Waals surface area contributed by atoms with E-state index in [1.165, 1.54) is 6.33 Å². The van der Waals surface area contributed by atoms with Crippen LogP contribution < -0.4 is 27.4 Å². The van der Waals surface area contributed by atoms with Gasteiger partial charge in [-0.15, -0.1) is 0 Å². The number of nitrogens with zero attached hydrogens (tertiary/aromatic N) is 1. The number of amides is 3. The number of nitrogens with one attached hydrogen (secondary N) is 6. The quantitative estimate of drug-likeness (QED) is 0.0662. The summed E-state index contributed by atoms with van der Waals surface area (Å²) in [6.45, 7) is 0.383. The van der Waals surface area contributed by atoms with Crippen molar-refractivity contribution in [1.29, 1.82) is 0 Å². The average molecular weight is 656 g/mol. The van der Waals surface area contributed by atoms with Gasteiger partial charge in [0.25, 0.3) is 0 Å². The van der Waals surface area contributed by atoms with E-state index in [9.17, 15) is 24.3 Å². The zero-order valence-corrected chi connectivity index (χ0v) is 26.4. The largest absolute Gasteiger partial charge is 0.480 e. The van der Waals surface area contributed by atoms with E-state index in [2.05, 4.69) is 35.9 Å². The van der Waals surface area contributed by atoms with Gasteiger partial charge in [0.1, 0.15) is 18.1 Å². The second kappa shape index (κ2) is 15.9. The zero-order valence-electron chi connectivity index (χ0n) is 26.4. The summed E-state index contributed by atoms with van der Waals surface area (Å²) in [7, 11) is 0. The van der Waals surface area contributed by atoms with Gasteiger partial charge in [0.05, 0.1) is 12.4 Å². The normalized spacial score (nSPS) is 13.9. The maximum absolute atomic E-state index is 13.9. The van der Waals surface area contributed by atoms with E-state index in [0.29, 0.717) is 25.1 Å². The number of carbonyl (C=O) groups is 4. The molecule has 14 nitrogen and oxygen atoms in total. The second-order valence-corrected chi connectivity index (χ2v) is 11.8. The van der Waals surface area contributed by atoms with Crippen LogP contribution in [-0.2, 0) is 38.4 Å². The molecular weight excluding hydrogens is 614 g/mol. The predicted octanol–water partition coefficient (Wildman–Crippen LogP) is 1.40. The lowest BCUT2D eigenvalue weighted by atomic mass is 10.0. The molecule has 0 saturated carbocycles. The number of benzene rings is 2. The van der Waals surface area contributed by atoms with E-state index in [1.54, 1.807) is 18.6 Å². The topological polar surface area (TPSA) is 237 Å². The van der Waals surface area contributed by atoms with Crippen LogP contribution >= 0.6 is 0 Å². The number of nitrogens with two attached hydrogens (primary N) is 2. The van der Waals surface area contributed by atoms with Crippen molar-refractivity contribution in [3.8, 4) is 0 Å². The van der Waals surface area contributed by atoms with E-state index in [0.717, 1.165) is 32.9 Å². The number of carbonyl (C=O) groups excluding carboxylic acids is 3. The molecule has 2 aromatic carbocycles. The maximum atomic E-state index is 13.9. The van der Waals surface area contributed by atoms with E-state index in [4.69, 9.17) is 11.5 Å². The number of carboxylic acid groups (broad SMARTS) is 1. The van der Waals surface area contributed by atoms with Crippen LogP contribution in [0.1, 0.15) is 36.1 Å². The van der Waals surface area contributed by atoms with Gasteiger partial charge in [-0.2, -0.15) is 0 Å². The molecule has 5 aromatic rings. The van der Waals surface area contributed by atoms with Gasteiger partial charge >= 0.3 is 5.97 Å². The van der Waals surface area contributed by atoms with Gasteiger partial charge < -0.3 is 47.5 Å². The second-order valence-electron chi connectivity index (χ2n) is 11.8. The van der Waals surface area contributed by atoms with Crippen LogP contribution in [0.2, 0.25) is 0 Å². The van der Waals surface area contributed by atoms with Gasteiger partial charge in [0.15, 0.2) is 0 Å². The Morgan fingerprint density at radius 2 is 1.29 bits per heavy atom. The van der Waals surface area contributed by atoms with Crippen LogP contribution in [0.25, 0.3) is 21.8 Å². The molecule has 0 aliphatic heterocycles. The fourth-order valence-corrected chi connectivity index (χ4v) is 5.76. The number of imidazole rings is 1. The first kappa shape index (κ1) is 33.9. The molecule has 3 aromatic heterocycles. The monoisotopic (exact) mass is 655 g/mol. The number of para-hydroxylation sites is 2. The Morgan fingerprint density at radius 3 is 1.88 bits per heavy atom. The summed E-state index contributed by atoms with van der Waals surface area (Å²) in [6.07, 6.45) is 8.16. The molecule has 0 aliphatic rings. The highest BCUT2D eigenvalue weighted by atomic mass is 16.4. The number of aromatic nitrogens is 4. The Kier molecular flexibility index (Phi) is 11.2. The molecular formula is C34H41N9O5. The summed E-state index contributed by atoms with van der Waals surface area (Å²) in [5.74, 6) is -3.03. The van der Waals surface area contributed by atoms with Gasteiger partial charge in [-0.05, 0) is 49.1 Å². The molecule has 4 unspecified atom stereocenters. The summed E-state index contributed by atoms with van der Waals surface area (Å²) < 4.78 is 0. The van der Waals surface area contributed by atoms with Crippen LogP contribution in [0.15, 0.2) is 73.4 Å². The van der Waals surface area contributed by atoms with Gasteiger partial charge in [0.2, 0.25) is 17.7 Å². The molecule has 3 amide bonds. The summed E-state index contributed by atoms with van der Waals surface area (Å²) >= 11 is 0. The lowest BCUT2D eigenvalue weighted by Gasteiger charge is -2.25. The van der Waals surface area contributed by atoms with Crippen LogP contribution in [0.3, 0.4) is 0 Å². The maximum Gasteiger partial charge on any atom is 0.326 e. The first-order valence-corrected chi connectivity index (χ1v) is 15.9. The molecule has 48 heavy (non-hydrogen) atoms. The number of H-pyrrole nitrogens is 3. The van der Waals surface area contributed by atoms with Crippen LogP contribution in [0.5, 0.6) is 0 Å². The molecule has 0 fully saturated rings. The van der Waals surface area contributed by atoms with Gasteiger partial charge in [0, 0.05) is 65.4 Å². The Morgan fingerprint density at radius 1 is 0.729 bits per heavy atom. The first-order valence-electron chi connectivity index (χ1n) is 15.9. The molecule has 4 atom stereocenters. The summed E-state index contributed by atoms with van der Waals surface area (Å²) in [5.41, 5.74) is 15.8. The molecule has 3 heterocycles. The molecule has 0 radical (unpaired) electrons. The minimum absolute atomic E-state index is 0.0298. The molecule has 0 aliphatic carbocycles. The Bertz CT molecular complexity index is 1850. The summed E-state index contributed by atoms with van der Waals surface area (Å²) in [5, 5.41) is 20.0. The minimum atomic E-state index is -1.26. The van der Waals surface area contributed by atoms with Gasteiger partial charge in [-0.1, -0.05) is 36.4 Å². The SMILES string of the molecule is NCCCCC(NC(=O)C(Cc1c[nH]c2ccccc12)NC(=O)C(N)Cc1cnc[nH]1)C(=O)NC(Cc1c[nH]c2ccccc12)C(=O)O. The van der Waals surface area contributed by atoms with E-state index in [1.807, 2.05) is 48.5 Å². The van der Waals surface area contributed by atoms with Crippen molar-refractivity contribution in [3.63, 3.8) is 0 Å². The van der Waals surface area contributed by atoms with E-state index >= 15 is 0 Å². The number of hydrogen-bond acceptors (Lipinski definition) is 7. The van der Waals surface area contributed by atoms with E-state index < -0.39 is 47.9 Å². The average Bonchev–Trinajstić information content (AvgIpc) is 3.84. The molecule has 0 bridgehead atoms. The fourth-order valence-electron chi connectivity index (χ4n) is 5.76. The number of fused-ring (bicyclic) bond motifs is 2. The number of rotatable bonds is 17. The third-order valence-electron chi connectivity index (χ3n) is 8.36. The van der Waals surface area contributed by atoms with Crippen LogP contribution in [-0.4, -0.2) is 79.4 Å². The number of unbranched alkanes of at least 4 members (excludes halogenated alkanes) is 1. The standard InChI is InChI=1S/C34H41N9O5/c35-12-6-5-11-28(32(45)43-30(34(47)48)14-21-17-39-27-10-4-2-8-24(21)27)41-33(46)29(13-20-16-38-26-9-3-1-7-23(20)26)42-31(44)25(36)15-22-18-37-19-40-22/h1-4,7-10,16-19,25,28-30,38-39H,5-6,11-15,35-36H2,(H,37,40)(H,41,46)(H,42,44)(H,43,45)(H,47,48). The lowest BCUT2D eigenvalue weighted by molar-refractivity contribution is -0.142. The van der Waals surface area contributed by atoms with Crippen LogP contribution in [0, 0.1) is 0 Å². The fraction of sp³-hybridized carbons (Fsp3) is 0.324. The van der Waals surface area contributed by atoms with Crippen molar-refractivity contribution in [1.82, 2.24) is 35.9 Å². The number of aliphatic carboxylic acids is 1. The third-order valence-corrected chi connectivity index (χ3v) is 8.36. The summed E-state index contributed by atoms with van der Waals surface area (Å²) in [4.78, 5) is 66.3. The number of hydrogen-bond donors (Lipinski definition) is 9. The predicted molar refractivity (Wildman–Crippen MR) is 181 cm³/mol. The molecule has 0 saturated heterocycles. The van der Waals surface area contributed by atoms with Crippen molar-refractivity contribution in [2.75, 3.05) is 6.54 Å². The van der Waals surface area contributed by atoms with Crippen molar-refractivity contribution in [2.45, 2.75) is 62.7 Å². The lowest BCUT2D eigenvalue weighted by Crippen LogP contribution is -2.58. The van der Waals surface area contributed by atoms with Crippen molar-refractivity contribution >= 4 is 45.5 Å². The molecule has 252 valence electrons.